The van der Waals surface area contributed by atoms with Gasteiger partial charge in [-0.1, -0.05) is 11.6 Å². The number of nitrogens with zero attached hydrogens (tertiary/aromatic N) is 1. The number of hydrogen-bond acceptors (Lipinski definition) is 5. The Balaban J connectivity index is 1.46. The van der Waals surface area contributed by atoms with Gasteiger partial charge in [0.25, 0.3) is 0 Å². The highest BCUT2D eigenvalue weighted by atomic mass is 35.5. The summed E-state index contributed by atoms with van der Waals surface area (Å²) in [5, 5.41) is 3.32. The summed E-state index contributed by atoms with van der Waals surface area (Å²) in [6, 6.07) is 10.9. The molecule has 1 amide bonds. The Morgan fingerprint density at radius 2 is 2.10 bits per heavy atom. The van der Waals surface area contributed by atoms with E-state index in [-0.39, 0.29) is 11.9 Å². The van der Waals surface area contributed by atoms with E-state index in [0.717, 1.165) is 11.1 Å². The van der Waals surface area contributed by atoms with Gasteiger partial charge in [0.1, 0.15) is 23.6 Å². The van der Waals surface area contributed by atoms with Crippen LogP contribution in [-0.2, 0) is 4.79 Å². The minimum Gasteiger partial charge on any atom is -0.492 e. The van der Waals surface area contributed by atoms with Gasteiger partial charge in [0.05, 0.1) is 17.7 Å². The standard InChI is InChI=1S/C22H23ClN2O4/c1-13(24-14(2)26)11-27-17-6-7-19-21(10-17)29-22(25-19)16-5-8-20(18(23)9-16)28-12-15-3-4-15/h5-10,13,15H,3-4,11-12H2,1-2H3,(H,24,26)/t13-/m0/s1. The molecule has 6 nitrogen and oxygen atoms in total. The molecule has 1 heterocycles. The van der Waals surface area contributed by atoms with Crippen molar-refractivity contribution in [2.24, 2.45) is 5.92 Å². The minimum atomic E-state index is -0.0868. The Labute approximate surface area is 174 Å². The molecular formula is C22H23ClN2O4. The summed E-state index contributed by atoms with van der Waals surface area (Å²) in [5.74, 6) is 2.40. The third kappa shape index (κ3) is 5.01. The van der Waals surface area contributed by atoms with Gasteiger partial charge < -0.3 is 19.2 Å². The number of carbonyl (C=O) groups excluding carboxylic acids is 1. The molecule has 1 aliphatic rings. The maximum atomic E-state index is 11.1. The molecule has 2 aromatic carbocycles. The molecule has 1 N–H and O–H groups in total. The number of nitrogens with one attached hydrogen (secondary N) is 1. The fraction of sp³-hybridized carbons (Fsp3) is 0.364. The third-order valence-corrected chi connectivity index (χ3v) is 4.96. The number of aromatic nitrogens is 1. The van der Waals surface area contributed by atoms with Crippen molar-refractivity contribution < 1.29 is 18.7 Å². The van der Waals surface area contributed by atoms with Crippen molar-refractivity contribution in [3.8, 4) is 23.0 Å². The number of carbonyl (C=O) groups is 1. The zero-order valence-electron chi connectivity index (χ0n) is 16.4. The van der Waals surface area contributed by atoms with Crippen molar-refractivity contribution in [2.45, 2.75) is 32.7 Å². The molecule has 29 heavy (non-hydrogen) atoms. The fourth-order valence-corrected chi connectivity index (χ4v) is 3.21. The minimum absolute atomic E-state index is 0.0842. The van der Waals surface area contributed by atoms with Crippen molar-refractivity contribution in [1.82, 2.24) is 10.3 Å². The van der Waals surface area contributed by atoms with Gasteiger partial charge in [-0.25, -0.2) is 4.98 Å². The second-order valence-electron chi connectivity index (χ2n) is 7.46. The molecule has 0 radical (unpaired) electrons. The monoisotopic (exact) mass is 414 g/mol. The topological polar surface area (TPSA) is 73.6 Å². The molecule has 1 aliphatic carbocycles. The summed E-state index contributed by atoms with van der Waals surface area (Å²) < 4.78 is 17.4. The molecule has 1 atom stereocenters. The average molecular weight is 415 g/mol. The van der Waals surface area contributed by atoms with E-state index < -0.39 is 0 Å². The van der Waals surface area contributed by atoms with Crippen LogP contribution in [0.4, 0.5) is 0 Å². The molecule has 0 unspecified atom stereocenters. The zero-order valence-corrected chi connectivity index (χ0v) is 17.2. The fourth-order valence-electron chi connectivity index (χ4n) is 2.97. The van der Waals surface area contributed by atoms with E-state index in [2.05, 4.69) is 10.3 Å². The molecular weight excluding hydrogens is 392 g/mol. The van der Waals surface area contributed by atoms with Crippen LogP contribution in [0.5, 0.6) is 11.5 Å². The second-order valence-corrected chi connectivity index (χ2v) is 7.87. The van der Waals surface area contributed by atoms with E-state index in [1.165, 1.54) is 19.8 Å². The van der Waals surface area contributed by atoms with Crippen molar-refractivity contribution >= 4 is 28.6 Å². The lowest BCUT2D eigenvalue weighted by atomic mass is 10.2. The molecule has 4 rings (SSSR count). The number of hydrogen-bond donors (Lipinski definition) is 1. The van der Waals surface area contributed by atoms with Crippen LogP contribution in [-0.4, -0.2) is 30.1 Å². The van der Waals surface area contributed by atoms with Gasteiger partial charge in [0.2, 0.25) is 11.8 Å². The highest BCUT2D eigenvalue weighted by Crippen LogP contribution is 2.34. The lowest BCUT2D eigenvalue weighted by molar-refractivity contribution is -0.119. The maximum Gasteiger partial charge on any atom is 0.227 e. The Morgan fingerprint density at radius 3 is 2.83 bits per heavy atom. The zero-order chi connectivity index (χ0) is 20.4. The van der Waals surface area contributed by atoms with Crippen molar-refractivity contribution in [3.05, 3.63) is 41.4 Å². The Kier molecular flexibility index (Phi) is 5.62. The quantitative estimate of drug-likeness (QED) is 0.570. The lowest BCUT2D eigenvalue weighted by Crippen LogP contribution is -2.35. The van der Waals surface area contributed by atoms with Crippen LogP contribution in [0.1, 0.15) is 26.7 Å². The van der Waals surface area contributed by atoms with Gasteiger partial charge in [-0.2, -0.15) is 0 Å². The molecule has 0 saturated heterocycles. The van der Waals surface area contributed by atoms with Gasteiger partial charge in [-0.15, -0.1) is 0 Å². The number of benzene rings is 2. The van der Waals surface area contributed by atoms with Gasteiger partial charge in [0.15, 0.2) is 5.58 Å². The van der Waals surface area contributed by atoms with Crippen LogP contribution in [0, 0.1) is 5.92 Å². The molecule has 7 heteroatoms. The van der Waals surface area contributed by atoms with Gasteiger partial charge >= 0.3 is 0 Å². The van der Waals surface area contributed by atoms with E-state index in [1.54, 1.807) is 12.1 Å². The Hall–Kier alpha value is -2.73. The summed E-state index contributed by atoms with van der Waals surface area (Å²) in [5.41, 5.74) is 2.13. The van der Waals surface area contributed by atoms with E-state index in [4.69, 9.17) is 25.5 Å². The van der Waals surface area contributed by atoms with E-state index in [1.807, 2.05) is 31.2 Å². The van der Waals surface area contributed by atoms with Crippen LogP contribution >= 0.6 is 11.6 Å². The first-order valence-corrected chi connectivity index (χ1v) is 10.1. The number of halogens is 1. The largest absolute Gasteiger partial charge is 0.492 e. The maximum absolute atomic E-state index is 11.1. The van der Waals surface area contributed by atoms with E-state index >= 15 is 0 Å². The van der Waals surface area contributed by atoms with Gasteiger partial charge in [-0.3, -0.25) is 4.79 Å². The summed E-state index contributed by atoms with van der Waals surface area (Å²) in [6.07, 6.45) is 2.47. The molecule has 0 spiro atoms. The van der Waals surface area contributed by atoms with Gasteiger partial charge in [-0.05, 0) is 56.0 Å². The molecule has 0 aliphatic heterocycles. The van der Waals surface area contributed by atoms with Crippen LogP contribution < -0.4 is 14.8 Å². The number of fused-ring (bicyclic) bond motifs is 1. The van der Waals surface area contributed by atoms with E-state index in [9.17, 15) is 4.79 Å². The second kappa shape index (κ2) is 8.33. The summed E-state index contributed by atoms with van der Waals surface area (Å²) in [4.78, 5) is 15.6. The van der Waals surface area contributed by atoms with E-state index in [0.29, 0.717) is 47.1 Å². The molecule has 1 aromatic heterocycles. The Bertz CT molecular complexity index is 1030. The summed E-state index contributed by atoms with van der Waals surface area (Å²) in [6.45, 7) is 4.44. The smallest absolute Gasteiger partial charge is 0.227 e. The normalized spacial score (nSPS) is 14.6. The van der Waals surface area contributed by atoms with Crippen LogP contribution in [0.2, 0.25) is 5.02 Å². The summed E-state index contributed by atoms with van der Waals surface area (Å²) in [7, 11) is 0. The van der Waals surface area contributed by atoms with Gasteiger partial charge in [0, 0.05) is 18.6 Å². The van der Waals surface area contributed by atoms with Crippen molar-refractivity contribution in [1.29, 1.82) is 0 Å². The first kappa shape index (κ1) is 19.6. The number of rotatable bonds is 8. The highest BCUT2D eigenvalue weighted by Gasteiger charge is 2.22. The van der Waals surface area contributed by atoms with Crippen LogP contribution in [0.3, 0.4) is 0 Å². The lowest BCUT2D eigenvalue weighted by Gasteiger charge is -2.13. The number of ether oxygens (including phenoxy) is 2. The first-order valence-electron chi connectivity index (χ1n) is 9.71. The Morgan fingerprint density at radius 1 is 1.28 bits per heavy atom. The average Bonchev–Trinajstić information content (AvgIpc) is 3.41. The molecule has 0 bridgehead atoms. The number of oxazole rings is 1. The van der Waals surface area contributed by atoms with Crippen LogP contribution in [0.15, 0.2) is 40.8 Å². The predicted molar refractivity (Wildman–Crippen MR) is 111 cm³/mol. The SMILES string of the molecule is CC(=O)N[C@@H](C)COc1ccc2nc(-c3ccc(OCC4CC4)c(Cl)c3)oc2c1. The molecule has 152 valence electrons. The third-order valence-electron chi connectivity index (χ3n) is 4.66. The van der Waals surface area contributed by atoms with Crippen molar-refractivity contribution in [2.75, 3.05) is 13.2 Å². The highest BCUT2D eigenvalue weighted by molar-refractivity contribution is 6.32. The first-order chi connectivity index (χ1) is 14.0. The summed E-state index contributed by atoms with van der Waals surface area (Å²) >= 11 is 6.37. The van der Waals surface area contributed by atoms with Crippen molar-refractivity contribution in [3.63, 3.8) is 0 Å². The molecule has 1 saturated carbocycles. The van der Waals surface area contributed by atoms with Crippen LogP contribution in [0.25, 0.3) is 22.6 Å². The molecule has 3 aromatic rings. The predicted octanol–water partition coefficient (Wildman–Crippen LogP) is 4.84. The molecule has 1 fully saturated rings. The number of amides is 1.